The average molecular weight is 483 g/mol. The number of morpholine rings is 1. The zero-order chi connectivity index (χ0) is 25.1. The first-order chi connectivity index (χ1) is 17.5. The van der Waals surface area contributed by atoms with E-state index in [2.05, 4.69) is 0 Å². The number of ketones is 1. The van der Waals surface area contributed by atoms with Crippen LogP contribution < -0.4 is 9.64 Å². The second kappa shape index (κ2) is 10.2. The molecular weight excluding hydrogens is 456 g/mol. The highest BCUT2D eigenvalue weighted by atomic mass is 16.5. The lowest BCUT2D eigenvalue weighted by molar-refractivity contribution is -0.137. The maximum atomic E-state index is 13.1. The highest BCUT2D eigenvalue weighted by molar-refractivity contribution is 6.26. The lowest BCUT2D eigenvalue weighted by atomic mass is 10.0. The lowest BCUT2D eigenvalue weighted by Crippen LogP contribution is -2.43. The van der Waals surface area contributed by atoms with Crippen molar-refractivity contribution in [1.29, 1.82) is 0 Å². The van der Waals surface area contributed by atoms with Crippen LogP contribution in [0.25, 0.3) is 17.2 Å². The highest BCUT2D eigenvalue weighted by Gasteiger charge is 2.34. The molecule has 0 spiro atoms. The summed E-state index contributed by atoms with van der Waals surface area (Å²) in [6.45, 7) is 3.55. The van der Waals surface area contributed by atoms with Gasteiger partial charge in [-0.15, -0.1) is 0 Å². The van der Waals surface area contributed by atoms with Crippen molar-refractivity contribution in [3.63, 3.8) is 0 Å². The van der Waals surface area contributed by atoms with Gasteiger partial charge in [0.25, 0.3) is 5.91 Å². The molecule has 0 radical (unpaired) electrons. The van der Waals surface area contributed by atoms with Crippen molar-refractivity contribution in [2.45, 2.75) is 6.92 Å². The molecule has 0 saturated carbocycles. The SMILES string of the molecule is CC(=O)N1C(=Cc2ccc(OCC(=O)N3CCOCC3)c(-c3ccccc3)c2)C(=O)c2ccccc21. The number of allylic oxidation sites excluding steroid dienone is 1. The molecule has 5 rings (SSSR count). The molecule has 0 atom stereocenters. The summed E-state index contributed by atoms with van der Waals surface area (Å²) in [7, 11) is 0. The molecule has 2 aliphatic rings. The number of carbonyl (C=O) groups is 3. The molecule has 36 heavy (non-hydrogen) atoms. The zero-order valence-electron chi connectivity index (χ0n) is 20.0. The third kappa shape index (κ3) is 4.65. The number of rotatable bonds is 5. The van der Waals surface area contributed by atoms with Gasteiger partial charge in [-0.25, -0.2) is 0 Å². The number of benzene rings is 3. The molecule has 2 heterocycles. The van der Waals surface area contributed by atoms with Crippen molar-refractivity contribution >= 4 is 29.4 Å². The maximum Gasteiger partial charge on any atom is 0.260 e. The van der Waals surface area contributed by atoms with Gasteiger partial charge in [-0.05, 0) is 41.5 Å². The van der Waals surface area contributed by atoms with Crippen molar-refractivity contribution in [3.05, 3.63) is 89.6 Å². The second-order valence-electron chi connectivity index (χ2n) is 8.63. The Morgan fingerprint density at radius 2 is 1.67 bits per heavy atom. The summed E-state index contributed by atoms with van der Waals surface area (Å²) in [4.78, 5) is 41.4. The number of anilines is 1. The summed E-state index contributed by atoms with van der Waals surface area (Å²) < 4.78 is 11.3. The van der Waals surface area contributed by atoms with Crippen LogP contribution in [0, 0.1) is 0 Å². The summed E-state index contributed by atoms with van der Waals surface area (Å²) in [5.74, 6) is 0.0484. The fourth-order valence-corrected chi connectivity index (χ4v) is 4.51. The third-order valence-corrected chi connectivity index (χ3v) is 6.28. The Kier molecular flexibility index (Phi) is 6.64. The summed E-state index contributed by atoms with van der Waals surface area (Å²) >= 11 is 0. The van der Waals surface area contributed by atoms with Crippen LogP contribution in [-0.4, -0.2) is 55.4 Å². The Bertz CT molecular complexity index is 1340. The van der Waals surface area contributed by atoms with Crippen LogP contribution >= 0.6 is 0 Å². The molecule has 182 valence electrons. The molecule has 0 aromatic heterocycles. The monoisotopic (exact) mass is 482 g/mol. The van der Waals surface area contributed by atoms with Crippen LogP contribution in [0.15, 0.2) is 78.5 Å². The molecule has 1 saturated heterocycles. The molecule has 2 aliphatic heterocycles. The fraction of sp³-hybridized carbons (Fsp3) is 0.207. The van der Waals surface area contributed by atoms with Gasteiger partial charge in [0.15, 0.2) is 6.61 Å². The van der Waals surface area contributed by atoms with E-state index in [1.807, 2.05) is 48.5 Å². The minimum atomic E-state index is -0.232. The number of amides is 2. The van der Waals surface area contributed by atoms with Gasteiger partial charge < -0.3 is 14.4 Å². The van der Waals surface area contributed by atoms with E-state index in [9.17, 15) is 14.4 Å². The molecule has 0 bridgehead atoms. The number of para-hydroxylation sites is 1. The number of fused-ring (bicyclic) bond motifs is 1. The van der Waals surface area contributed by atoms with Crippen LogP contribution in [0.5, 0.6) is 5.75 Å². The summed E-state index contributed by atoms with van der Waals surface area (Å²) in [6, 6.07) is 22.3. The molecule has 0 unspecified atom stereocenters. The summed E-state index contributed by atoms with van der Waals surface area (Å²) in [5.41, 5.74) is 3.84. The molecule has 3 aromatic rings. The van der Waals surface area contributed by atoms with Gasteiger partial charge in [0, 0.05) is 31.1 Å². The van der Waals surface area contributed by atoms with Crippen LogP contribution in [0.1, 0.15) is 22.8 Å². The molecule has 3 aromatic carbocycles. The second-order valence-corrected chi connectivity index (χ2v) is 8.63. The average Bonchev–Trinajstić information content (AvgIpc) is 3.20. The maximum absolute atomic E-state index is 13.1. The third-order valence-electron chi connectivity index (χ3n) is 6.28. The number of Topliss-reactive ketones (excluding diaryl/α,β-unsaturated/α-hetero) is 1. The zero-order valence-corrected chi connectivity index (χ0v) is 20.0. The number of ether oxygens (including phenoxy) is 2. The minimum absolute atomic E-state index is 0.0772. The Balaban J connectivity index is 1.47. The summed E-state index contributed by atoms with van der Waals surface area (Å²) in [6.07, 6.45) is 1.72. The van der Waals surface area contributed by atoms with Crippen LogP contribution in [-0.2, 0) is 14.3 Å². The first-order valence-corrected chi connectivity index (χ1v) is 11.9. The van der Waals surface area contributed by atoms with E-state index >= 15 is 0 Å². The van der Waals surface area contributed by atoms with E-state index in [1.54, 1.807) is 35.2 Å². The van der Waals surface area contributed by atoms with Crippen molar-refractivity contribution in [1.82, 2.24) is 4.90 Å². The molecule has 0 aliphatic carbocycles. The van der Waals surface area contributed by atoms with Crippen molar-refractivity contribution in [3.8, 4) is 16.9 Å². The largest absolute Gasteiger partial charge is 0.483 e. The fourth-order valence-electron chi connectivity index (χ4n) is 4.51. The normalized spacial score (nSPS) is 16.2. The van der Waals surface area contributed by atoms with E-state index in [0.29, 0.717) is 49.0 Å². The van der Waals surface area contributed by atoms with Crippen LogP contribution in [0.3, 0.4) is 0 Å². The quantitative estimate of drug-likeness (QED) is 0.510. The number of carbonyl (C=O) groups excluding carboxylic acids is 3. The van der Waals surface area contributed by atoms with Gasteiger partial charge in [0.05, 0.1) is 24.6 Å². The molecule has 1 fully saturated rings. The van der Waals surface area contributed by atoms with Gasteiger partial charge in [0.1, 0.15) is 5.75 Å². The molecule has 2 amide bonds. The van der Waals surface area contributed by atoms with Crippen LogP contribution in [0.2, 0.25) is 0 Å². The Morgan fingerprint density at radius 3 is 2.42 bits per heavy atom. The minimum Gasteiger partial charge on any atom is -0.483 e. The Labute approximate surface area is 209 Å². The Morgan fingerprint density at radius 1 is 0.944 bits per heavy atom. The van der Waals surface area contributed by atoms with E-state index in [4.69, 9.17) is 9.47 Å². The van der Waals surface area contributed by atoms with Crippen molar-refractivity contribution in [2.24, 2.45) is 0 Å². The smallest absolute Gasteiger partial charge is 0.260 e. The summed E-state index contributed by atoms with van der Waals surface area (Å²) in [5, 5.41) is 0. The first kappa shape index (κ1) is 23.5. The van der Waals surface area contributed by atoms with E-state index in [0.717, 1.165) is 16.7 Å². The highest BCUT2D eigenvalue weighted by Crippen LogP contribution is 2.37. The molecule has 7 nitrogen and oxygen atoms in total. The lowest BCUT2D eigenvalue weighted by Gasteiger charge is -2.27. The van der Waals surface area contributed by atoms with E-state index in [-0.39, 0.29) is 24.2 Å². The van der Waals surface area contributed by atoms with Gasteiger partial charge in [-0.3, -0.25) is 19.3 Å². The Hall–Kier alpha value is -4.23. The van der Waals surface area contributed by atoms with Gasteiger partial charge >= 0.3 is 0 Å². The van der Waals surface area contributed by atoms with Gasteiger partial charge in [-0.2, -0.15) is 0 Å². The van der Waals surface area contributed by atoms with E-state index in [1.165, 1.54) is 11.8 Å². The van der Waals surface area contributed by atoms with Crippen molar-refractivity contribution in [2.75, 3.05) is 37.8 Å². The number of hydrogen-bond donors (Lipinski definition) is 0. The molecule has 0 N–H and O–H groups in total. The number of nitrogens with zero attached hydrogens (tertiary/aromatic N) is 2. The molecular formula is C29H26N2O5. The molecule has 7 heteroatoms. The predicted molar refractivity (Wildman–Crippen MR) is 137 cm³/mol. The van der Waals surface area contributed by atoms with Crippen LogP contribution in [0.4, 0.5) is 5.69 Å². The predicted octanol–water partition coefficient (Wildman–Crippen LogP) is 4.18. The van der Waals surface area contributed by atoms with Gasteiger partial charge in [-0.1, -0.05) is 48.5 Å². The number of hydrogen-bond acceptors (Lipinski definition) is 5. The topological polar surface area (TPSA) is 76.2 Å². The van der Waals surface area contributed by atoms with E-state index < -0.39 is 0 Å². The van der Waals surface area contributed by atoms with Crippen molar-refractivity contribution < 1.29 is 23.9 Å². The first-order valence-electron chi connectivity index (χ1n) is 11.9. The van der Waals surface area contributed by atoms with Gasteiger partial charge in [0.2, 0.25) is 11.7 Å². The standard InChI is InChI=1S/C29H26N2O5/c1-20(32)31-25-10-6-5-9-23(25)29(34)26(31)18-21-11-12-27(24(17-21)22-7-3-2-4-8-22)36-19-28(33)30-13-15-35-16-14-30/h2-12,17-18H,13-16,19H2,1H3.